The van der Waals surface area contributed by atoms with E-state index in [4.69, 9.17) is 0 Å². The summed E-state index contributed by atoms with van der Waals surface area (Å²) < 4.78 is 28.8. The van der Waals surface area contributed by atoms with Gasteiger partial charge in [-0.15, -0.1) is 0 Å². The fourth-order valence-electron chi connectivity index (χ4n) is 2.90. The molecule has 0 heterocycles. The quantitative estimate of drug-likeness (QED) is 0.386. The smallest absolute Gasteiger partial charge is 0.264 e. The minimum Gasteiger partial charge on any atom is -0.271 e. The lowest BCUT2D eigenvalue weighted by Crippen LogP contribution is -2.40. The van der Waals surface area contributed by atoms with Crippen molar-refractivity contribution in [3.8, 4) is 0 Å². The fourth-order valence-corrected chi connectivity index (χ4v) is 4.66. The molecule has 0 unspecified atom stereocenters. The molecule has 0 spiro atoms. The first-order valence-electron chi connectivity index (χ1n) is 9.50. The first-order valence-corrected chi connectivity index (χ1v) is 11.7. The summed E-state index contributed by atoms with van der Waals surface area (Å²) in [5.41, 5.74) is 5.31. The molecule has 3 aromatic carbocycles. The van der Waals surface area contributed by atoms with Crippen molar-refractivity contribution >= 4 is 43.8 Å². The number of carbonyl (C=O) groups is 1. The van der Waals surface area contributed by atoms with Crippen LogP contribution in [0.2, 0.25) is 0 Å². The van der Waals surface area contributed by atoms with Crippen molar-refractivity contribution in [2.75, 3.05) is 10.8 Å². The van der Waals surface area contributed by atoms with Gasteiger partial charge in [0.15, 0.2) is 0 Å². The molecule has 0 aliphatic carbocycles. The molecule has 0 aromatic heterocycles. The number of anilines is 1. The van der Waals surface area contributed by atoms with Crippen molar-refractivity contribution in [3.05, 3.63) is 94.0 Å². The number of sulfonamides is 1. The molecule has 0 saturated heterocycles. The van der Waals surface area contributed by atoms with E-state index < -0.39 is 22.5 Å². The molecule has 31 heavy (non-hydrogen) atoms. The Hall–Kier alpha value is -2.97. The molecule has 160 valence electrons. The van der Waals surface area contributed by atoms with Gasteiger partial charge in [0.05, 0.1) is 16.8 Å². The maximum Gasteiger partial charge on any atom is 0.264 e. The van der Waals surface area contributed by atoms with Crippen molar-refractivity contribution in [2.45, 2.75) is 18.7 Å². The van der Waals surface area contributed by atoms with Crippen LogP contribution in [0.15, 0.2) is 87.3 Å². The minimum atomic E-state index is -3.95. The molecular formula is C23H22BrN3O3S. The van der Waals surface area contributed by atoms with Gasteiger partial charge in [0.1, 0.15) is 6.54 Å². The largest absolute Gasteiger partial charge is 0.271 e. The molecule has 0 radical (unpaired) electrons. The first-order chi connectivity index (χ1) is 14.8. The van der Waals surface area contributed by atoms with Gasteiger partial charge in [-0.2, -0.15) is 5.10 Å². The van der Waals surface area contributed by atoms with Gasteiger partial charge in [-0.3, -0.25) is 9.10 Å². The molecule has 0 atom stereocenters. The molecule has 3 aromatic rings. The fraction of sp³-hybridized carbons (Fsp3) is 0.130. The Morgan fingerprint density at radius 2 is 1.71 bits per heavy atom. The highest BCUT2D eigenvalue weighted by atomic mass is 79.9. The normalized spacial score (nSPS) is 11.5. The van der Waals surface area contributed by atoms with Crippen LogP contribution in [-0.2, 0) is 14.8 Å². The lowest BCUT2D eigenvalue weighted by Gasteiger charge is -2.25. The Balaban J connectivity index is 1.87. The van der Waals surface area contributed by atoms with E-state index >= 15 is 0 Å². The van der Waals surface area contributed by atoms with E-state index in [9.17, 15) is 13.2 Å². The predicted molar refractivity (Wildman–Crippen MR) is 127 cm³/mol. The molecule has 3 rings (SSSR count). The van der Waals surface area contributed by atoms with E-state index in [0.29, 0.717) is 5.69 Å². The van der Waals surface area contributed by atoms with E-state index in [-0.39, 0.29) is 4.90 Å². The summed E-state index contributed by atoms with van der Waals surface area (Å²) in [6.07, 6.45) is 1.50. The second kappa shape index (κ2) is 9.89. The number of nitrogens with zero attached hydrogens (tertiary/aromatic N) is 2. The molecule has 0 fully saturated rings. The van der Waals surface area contributed by atoms with Gasteiger partial charge < -0.3 is 0 Å². The average Bonchev–Trinajstić information content (AvgIpc) is 2.76. The van der Waals surface area contributed by atoms with Crippen molar-refractivity contribution in [2.24, 2.45) is 5.10 Å². The van der Waals surface area contributed by atoms with Crippen LogP contribution in [-0.4, -0.2) is 27.1 Å². The number of hydrogen-bond donors (Lipinski definition) is 1. The Morgan fingerprint density at radius 1 is 1.03 bits per heavy atom. The summed E-state index contributed by atoms with van der Waals surface area (Å²) in [6, 6.07) is 20.9. The zero-order chi connectivity index (χ0) is 22.4. The summed E-state index contributed by atoms with van der Waals surface area (Å²) in [5, 5.41) is 3.95. The van der Waals surface area contributed by atoms with Crippen molar-refractivity contribution in [1.29, 1.82) is 0 Å². The highest BCUT2D eigenvalue weighted by Crippen LogP contribution is 2.27. The number of benzene rings is 3. The molecule has 0 bridgehead atoms. The van der Waals surface area contributed by atoms with Gasteiger partial charge in [-0.25, -0.2) is 13.8 Å². The van der Waals surface area contributed by atoms with Crippen LogP contribution in [0.25, 0.3) is 0 Å². The third kappa shape index (κ3) is 5.80. The average molecular weight is 500 g/mol. The third-order valence-electron chi connectivity index (χ3n) is 4.52. The van der Waals surface area contributed by atoms with Crippen LogP contribution >= 0.6 is 15.9 Å². The molecule has 0 aliphatic heterocycles. The lowest BCUT2D eigenvalue weighted by molar-refractivity contribution is -0.119. The molecule has 1 amide bonds. The van der Waals surface area contributed by atoms with Gasteiger partial charge >= 0.3 is 0 Å². The number of aryl methyl sites for hydroxylation is 2. The van der Waals surface area contributed by atoms with E-state index in [1.54, 1.807) is 24.3 Å². The van der Waals surface area contributed by atoms with Crippen LogP contribution in [0.1, 0.15) is 16.7 Å². The number of carbonyl (C=O) groups excluding carboxylic acids is 1. The molecule has 0 aliphatic rings. The summed E-state index contributed by atoms with van der Waals surface area (Å²) in [6.45, 7) is 3.28. The lowest BCUT2D eigenvalue weighted by atomic mass is 10.1. The predicted octanol–water partition coefficient (Wildman–Crippen LogP) is 4.41. The number of nitrogens with one attached hydrogen (secondary N) is 1. The highest BCUT2D eigenvalue weighted by Gasteiger charge is 2.28. The number of rotatable bonds is 7. The summed E-state index contributed by atoms with van der Waals surface area (Å²) in [4.78, 5) is 12.7. The number of hydrogen-bond acceptors (Lipinski definition) is 4. The highest BCUT2D eigenvalue weighted by molar-refractivity contribution is 9.10. The van der Waals surface area contributed by atoms with E-state index in [1.807, 2.05) is 50.2 Å². The molecular weight excluding hydrogens is 478 g/mol. The third-order valence-corrected chi connectivity index (χ3v) is 6.83. The van der Waals surface area contributed by atoms with Gasteiger partial charge in [0, 0.05) is 4.47 Å². The number of amides is 1. The van der Waals surface area contributed by atoms with Crippen LogP contribution in [0.5, 0.6) is 0 Å². The summed E-state index contributed by atoms with van der Waals surface area (Å²) in [7, 11) is -3.95. The standard InChI is InChI=1S/C23H22BrN3O3S/c1-17-8-9-18(2)22(14-17)27(31(29,30)21-6-4-3-5-7-21)16-23(28)26-25-15-19-10-12-20(24)13-11-19/h3-15H,16H2,1-2H3,(H,26,28)/b25-15-. The van der Waals surface area contributed by atoms with Gasteiger partial charge in [0.2, 0.25) is 0 Å². The van der Waals surface area contributed by atoms with Gasteiger partial charge in [-0.1, -0.05) is 58.4 Å². The van der Waals surface area contributed by atoms with Crippen LogP contribution < -0.4 is 9.73 Å². The zero-order valence-electron chi connectivity index (χ0n) is 17.1. The molecule has 1 N–H and O–H groups in total. The second-order valence-corrected chi connectivity index (χ2v) is 9.74. The number of halogens is 1. The molecule has 0 saturated carbocycles. The van der Waals surface area contributed by atoms with Crippen molar-refractivity contribution in [3.63, 3.8) is 0 Å². The second-order valence-electron chi connectivity index (χ2n) is 6.96. The Bertz CT molecular complexity index is 1190. The Morgan fingerprint density at radius 3 is 2.39 bits per heavy atom. The van der Waals surface area contributed by atoms with Crippen LogP contribution in [0, 0.1) is 13.8 Å². The van der Waals surface area contributed by atoms with Crippen LogP contribution in [0.3, 0.4) is 0 Å². The summed E-state index contributed by atoms with van der Waals surface area (Å²) >= 11 is 3.36. The minimum absolute atomic E-state index is 0.113. The Kier molecular flexibility index (Phi) is 7.25. The molecule has 6 nitrogen and oxygen atoms in total. The maximum atomic E-state index is 13.4. The topological polar surface area (TPSA) is 78.8 Å². The van der Waals surface area contributed by atoms with Gasteiger partial charge in [-0.05, 0) is 60.9 Å². The van der Waals surface area contributed by atoms with Gasteiger partial charge in [0.25, 0.3) is 15.9 Å². The zero-order valence-corrected chi connectivity index (χ0v) is 19.5. The Labute approximate surface area is 190 Å². The summed E-state index contributed by atoms with van der Waals surface area (Å²) in [5.74, 6) is -0.547. The monoisotopic (exact) mass is 499 g/mol. The number of hydrazone groups is 1. The van der Waals surface area contributed by atoms with Crippen molar-refractivity contribution in [1.82, 2.24) is 5.43 Å². The molecule has 8 heteroatoms. The SMILES string of the molecule is Cc1ccc(C)c(N(CC(=O)N/N=C\c2ccc(Br)cc2)S(=O)(=O)c2ccccc2)c1. The van der Waals surface area contributed by atoms with E-state index in [1.165, 1.54) is 18.3 Å². The van der Waals surface area contributed by atoms with Crippen molar-refractivity contribution < 1.29 is 13.2 Å². The van der Waals surface area contributed by atoms with E-state index in [0.717, 1.165) is 25.5 Å². The van der Waals surface area contributed by atoms with Crippen LogP contribution in [0.4, 0.5) is 5.69 Å². The van der Waals surface area contributed by atoms with E-state index in [2.05, 4.69) is 26.5 Å². The first kappa shape index (κ1) is 22.7. The maximum absolute atomic E-state index is 13.4.